The number of ether oxygens (including phenoxy) is 1. The van der Waals surface area contributed by atoms with Crippen molar-refractivity contribution in [3.63, 3.8) is 0 Å². The third-order valence-electron chi connectivity index (χ3n) is 1.77. The number of carbonyl (C=O) groups is 1. The van der Waals surface area contributed by atoms with Crippen LogP contribution in [0.15, 0.2) is 11.6 Å². The van der Waals surface area contributed by atoms with Crippen molar-refractivity contribution in [2.24, 2.45) is 5.92 Å². The molecule has 0 saturated heterocycles. The van der Waals surface area contributed by atoms with E-state index in [0.29, 0.717) is 5.92 Å². The zero-order valence-electron chi connectivity index (χ0n) is 6.39. The molecule has 1 aliphatic carbocycles. The standard InChI is InChI=1S/C8H12O2/c1-6(7-3-4-7)5-8(9)10-2/h5,7H,3-4H2,1-2H3/b6-5-. The minimum Gasteiger partial charge on any atom is -0.466 e. The first kappa shape index (κ1) is 7.32. The second-order valence-electron chi connectivity index (χ2n) is 2.69. The van der Waals surface area contributed by atoms with Crippen LogP contribution in [-0.4, -0.2) is 13.1 Å². The number of esters is 1. The molecule has 2 nitrogen and oxygen atoms in total. The van der Waals surface area contributed by atoms with Crippen LogP contribution in [0.3, 0.4) is 0 Å². The molecule has 0 N–H and O–H groups in total. The minimum absolute atomic E-state index is 0.232. The van der Waals surface area contributed by atoms with Crippen LogP contribution in [-0.2, 0) is 9.53 Å². The van der Waals surface area contributed by atoms with E-state index >= 15 is 0 Å². The highest BCUT2D eigenvalue weighted by atomic mass is 16.5. The molecule has 56 valence electrons. The first-order chi connectivity index (χ1) is 4.74. The molecule has 1 fully saturated rings. The Morgan fingerprint density at radius 3 is 2.60 bits per heavy atom. The molecule has 0 aliphatic heterocycles. The number of hydrogen-bond acceptors (Lipinski definition) is 2. The Bertz CT molecular complexity index is 166. The summed E-state index contributed by atoms with van der Waals surface area (Å²) in [6.07, 6.45) is 4.05. The summed E-state index contributed by atoms with van der Waals surface area (Å²) in [6.45, 7) is 1.98. The fourth-order valence-electron chi connectivity index (χ4n) is 0.901. The van der Waals surface area contributed by atoms with E-state index in [9.17, 15) is 4.79 Å². The third kappa shape index (κ3) is 1.87. The Labute approximate surface area is 60.9 Å². The van der Waals surface area contributed by atoms with Crippen LogP contribution in [0.5, 0.6) is 0 Å². The highest BCUT2D eigenvalue weighted by Crippen LogP contribution is 2.35. The molecular formula is C8H12O2. The van der Waals surface area contributed by atoms with E-state index in [4.69, 9.17) is 0 Å². The van der Waals surface area contributed by atoms with Crippen LogP contribution in [0.1, 0.15) is 19.8 Å². The molecular weight excluding hydrogens is 128 g/mol. The van der Waals surface area contributed by atoms with E-state index in [1.54, 1.807) is 6.08 Å². The molecule has 0 aromatic heterocycles. The predicted molar refractivity (Wildman–Crippen MR) is 38.5 cm³/mol. The smallest absolute Gasteiger partial charge is 0.330 e. The predicted octanol–water partition coefficient (Wildman–Crippen LogP) is 1.52. The van der Waals surface area contributed by atoms with Crippen molar-refractivity contribution in [1.82, 2.24) is 0 Å². The van der Waals surface area contributed by atoms with Crippen LogP contribution in [0.25, 0.3) is 0 Å². The number of hydrogen-bond donors (Lipinski definition) is 0. The molecule has 1 saturated carbocycles. The second-order valence-corrected chi connectivity index (χ2v) is 2.69. The molecule has 0 heterocycles. The van der Waals surface area contributed by atoms with Crippen LogP contribution in [0.4, 0.5) is 0 Å². The summed E-state index contributed by atoms with van der Waals surface area (Å²) in [5, 5.41) is 0. The molecule has 1 aliphatic rings. The van der Waals surface area contributed by atoms with Crippen LogP contribution < -0.4 is 0 Å². The van der Waals surface area contributed by atoms with Crippen molar-refractivity contribution < 1.29 is 9.53 Å². The molecule has 0 radical (unpaired) electrons. The lowest BCUT2D eigenvalue weighted by Crippen LogP contribution is -1.96. The molecule has 1 rings (SSSR count). The Hall–Kier alpha value is -0.790. The summed E-state index contributed by atoms with van der Waals surface area (Å²) < 4.78 is 4.48. The van der Waals surface area contributed by atoms with Gasteiger partial charge in [-0.05, 0) is 25.7 Å². The topological polar surface area (TPSA) is 26.3 Å². The summed E-state index contributed by atoms with van der Waals surface area (Å²) in [5.74, 6) is 0.434. The molecule has 0 aromatic rings. The molecule has 2 heteroatoms. The van der Waals surface area contributed by atoms with Crippen molar-refractivity contribution in [2.45, 2.75) is 19.8 Å². The average Bonchev–Trinajstić information content (AvgIpc) is 2.68. The van der Waals surface area contributed by atoms with Crippen molar-refractivity contribution in [3.05, 3.63) is 11.6 Å². The lowest BCUT2D eigenvalue weighted by molar-refractivity contribution is -0.134. The zero-order chi connectivity index (χ0) is 7.56. The zero-order valence-corrected chi connectivity index (χ0v) is 6.39. The summed E-state index contributed by atoms with van der Waals surface area (Å²) in [5.41, 5.74) is 1.16. The van der Waals surface area contributed by atoms with Gasteiger partial charge < -0.3 is 4.74 Å². The highest BCUT2D eigenvalue weighted by molar-refractivity contribution is 5.82. The summed E-state index contributed by atoms with van der Waals surface area (Å²) in [7, 11) is 1.40. The molecule has 10 heavy (non-hydrogen) atoms. The number of rotatable bonds is 2. The Kier molecular flexibility index (Phi) is 2.10. The number of carbonyl (C=O) groups excluding carboxylic acids is 1. The first-order valence-electron chi connectivity index (χ1n) is 3.50. The monoisotopic (exact) mass is 140 g/mol. The minimum atomic E-state index is -0.232. The Morgan fingerprint density at radius 2 is 2.20 bits per heavy atom. The molecule has 0 atom stereocenters. The van der Waals surface area contributed by atoms with Gasteiger partial charge in [0.25, 0.3) is 0 Å². The maximum atomic E-state index is 10.7. The fourth-order valence-corrected chi connectivity index (χ4v) is 0.901. The highest BCUT2D eigenvalue weighted by Gasteiger charge is 2.23. The van der Waals surface area contributed by atoms with Gasteiger partial charge in [0.1, 0.15) is 0 Å². The van der Waals surface area contributed by atoms with E-state index in [-0.39, 0.29) is 5.97 Å². The van der Waals surface area contributed by atoms with E-state index in [2.05, 4.69) is 4.74 Å². The molecule has 0 unspecified atom stereocenters. The van der Waals surface area contributed by atoms with E-state index in [0.717, 1.165) is 5.57 Å². The number of allylic oxidation sites excluding steroid dienone is 1. The van der Waals surface area contributed by atoms with Gasteiger partial charge >= 0.3 is 5.97 Å². The van der Waals surface area contributed by atoms with Gasteiger partial charge in [-0.3, -0.25) is 0 Å². The third-order valence-corrected chi connectivity index (χ3v) is 1.77. The summed E-state index contributed by atoms with van der Waals surface area (Å²) >= 11 is 0. The van der Waals surface area contributed by atoms with E-state index in [1.807, 2.05) is 6.92 Å². The van der Waals surface area contributed by atoms with Gasteiger partial charge in [0.2, 0.25) is 0 Å². The van der Waals surface area contributed by atoms with Gasteiger partial charge in [-0.15, -0.1) is 0 Å². The van der Waals surface area contributed by atoms with Crippen LogP contribution >= 0.6 is 0 Å². The van der Waals surface area contributed by atoms with E-state index < -0.39 is 0 Å². The lowest BCUT2D eigenvalue weighted by Gasteiger charge is -1.94. The molecule has 0 aromatic carbocycles. The first-order valence-corrected chi connectivity index (χ1v) is 3.50. The number of methoxy groups -OCH3 is 1. The largest absolute Gasteiger partial charge is 0.466 e. The van der Waals surface area contributed by atoms with Crippen molar-refractivity contribution >= 4 is 5.97 Å². The fraction of sp³-hybridized carbons (Fsp3) is 0.625. The van der Waals surface area contributed by atoms with Crippen LogP contribution in [0, 0.1) is 5.92 Å². The van der Waals surface area contributed by atoms with Crippen molar-refractivity contribution in [3.8, 4) is 0 Å². The molecule has 0 spiro atoms. The lowest BCUT2D eigenvalue weighted by atomic mass is 10.2. The maximum Gasteiger partial charge on any atom is 0.330 e. The normalized spacial score (nSPS) is 18.8. The molecule has 0 bridgehead atoms. The summed E-state index contributed by atoms with van der Waals surface area (Å²) in [4.78, 5) is 10.7. The van der Waals surface area contributed by atoms with Gasteiger partial charge in [-0.2, -0.15) is 0 Å². The quantitative estimate of drug-likeness (QED) is 0.429. The van der Waals surface area contributed by atoms with Gasteiger partial charge in [0.05, 0.1) is 7.11 Å². The summed E-state index contributed by atoms with van der Waals surface area (Å²) in [6, 6.07) is 0. The van der Waals surface area contributed by atoms with Gasteiger partial charge in [0.15, 0.2) is 0 Å². The SMILES string of the molecule is COC(=O)/C=C(/C)C1CC1. The average molecular weight is 140 g/mol. The second kappa shape index (κ2) is 2.86. The molecule has 0 amide bonds. The maximum absolute atomic E-state index is 10.7. The van der Waals surface area contributed by atoms with Crippen molar-refractivity contribution in [1.29, 1.82) is 0 Å². The van der Waals surface area contributed by atoms with Gasteiger partial charge in [-0.25, -0.2) is 4.79 Å². The van der Waals surface area contributed by atoms with Gasteiger partial charge in [0, 0.05) is 6.08 Å². The van der Waals surface area contributed by atoms with Crippen LogP contribution in [0.2, 0.25) is 0 Å². The van der Waals surface area contributed by atoms with Crippen molar-refractivity contribution in [2.75, 3.05) is 7.11 Å². The Balaban J connectivity index is 2.43. The Morgan fingerprint density at radius 1 is 1.60 bits per heavy atom. The van der Waals surface area contributed by atoms with Gasteiger partial charge in [-0.1, -0.05) is 5.57 Å². The van der Waals surface area contributed by atoms with E-state index in [1.165, 1.54) is 20.0 Å².